The summed E-state index contributed by atoms with van der Waals surface area (Å²) in [5.41, 5.74) is 1.15. The van der Waals surface area contributed by atoms with Crippen LogP contribution < -0.4 is 10.6 Å². The lowest BCUT2D eigenvalue weighted by Crippen LogP contribution is -2.57. The van der Waals surface area contributed by atoms with Crippen LogP contribution in [0.1, 0.15) is 44.7 Å². The SMILES string of the molecule is CC(C)(C)OC(=O)N1[C@@H]2CC[C@H]1CN(c1nc(F)nc3c(F)c(-c4ccc(F)c5sc(N)c(C#N)c45)c(C(F)(F)F)cc13)C2. The smallest absolute Gasteiger partial charge is 0.417 e. The van der Waals surface area contributed by atoms with Gasteiger partial charge in [-0.15, -0.1) is 11.3 Å². The predicted octanol–water partition coefficient (Wildman–Crippen LogP) is 6.99. The van der Waals surface area contributed by atoms with E-state index in [1.54, 1.807) is 31.7 Å². The summed E-state index contributed by atoms with van der Waals surface area (Å²) in [6.07, 6.45) is -5.90. The van der Waals surface area contributed by atoms with Gasteiger partial charge < -0.3 is 15.4 Å². The minimum atomic E-state index is -5.14. The number of nitrogens with two attached hydrogens (primary N) is 1. The Bertz CT molecular complexity index is 1880. The first kappa shape index (κ1) is 29.7. The highest BCUT2D eigenvalue weighted by Crippen LogP contribution is 2.48. The third-order valence-electron chi connectivity index (χ3n) is 7.77. The van der Waals surface area contributed by atoms with E-state index in [2.05, 4.69) is 9.97 Å². The molecule has 0 spiro atoms. The summed E-state index contributed by atoms with van der Waals surface area (Å²) in [5.74, 6) is -2.63. The highest BCUT2D eigenvalue weighted by molar-refractivity contribution is 7.23. The molecule has 2 bridgehead atoms. The topological polar surface area (TPSA) is 108 Å². The molecule has 2 atom stereocenters. The fourth-order valence-corrected chi connectivity index (χ4v) is 7.06. The molecule has 4 heterocycles. The number of amides is 1. The van der Waals surface area contributed by atoms with E-state index in [1.165, 1.54) is 4.90 Å². The van der Waals surface area contributed by atoms with Crippen molar-refractivity contribution in [1.29, 1.82) is 5.26 Å². The number of nitrogen functional groups attached to an aromatic ring is 1. The summed E-state index contributed by atoms with van der Waals surface area (Å²) in [6.45, 7) is 5.36. The number of aromatic nitrogens is 2. The average molecular weight is 635 g/mol. The molecule has 2 aliphatic rings. The molecule has 6 rings (SSSR count). The minimum absolute atomic E-state index is 0.0876. The largest absolute Gasteiger partial charge is 0.444 e. The van der Waals surface area contributed by atoms with Crippen LogP contribution in [0.2, 0.25) is 0 Å². The van der Waals surface area contributed by atoms with Crippen LogP contribution in [0.25, 0.3) is 32.1 Å². The molecular weight excluding hydrogens is 610 g/mol. The number of halogens is 6. The molecule has 230 valence electrons. The van der Waals surface area contributed by atoms with E-state index in [-0.39, 0.29) is 39.6 Å². The molecule has 2 aromatic carbocycles. The van der Waals surface area contributed by atoms with E-state index in [1.807, 2.05) is 0 Å². The zero-order chi connectivity index (χ0) is 31.9. The van der Waals surface area contributed by atoms with Crippen molar-refractivity contribution >= 4 is 49.2 Å². The number of piperazine rings is 1. The zero-order valence-corrected chi connectivity index (χ0v) is 24.3. The Hall–Kier alpha value is -4.32. The number of fused-ring (bicyclic) bond motifs is 4. The Balaban J connectivity index is 1.53. The number of thiophene rings is 1. The van der Waals surface area contributed by atoms with Crippen molar-refractivity contribution in [2.75, 3.05) is 23.7 Å². The summed E-state index contributed by atoms with van der Waals surface area (Å²) in [7, 11) is 0. The van der Waals surface area contributed by atoms with E-state index < -0.39 is 75.3 Å². The number of nitrogens with zero attached hydrogens (tertiary/aromatic N) is 5. The summed E-state index contributed by atoms with van der Waals surface area (Å²) in [6, 6.07) is 3.38. The maximum absolute atomic E-state index is 16.4. The van der Waals surface area contributed by atoms with Crippen molar-refractivity contribution in [3.8, 4) is 17.2 Å². The predicted molar refractivity (Wildman–Crippen MR) is 151 cm³/mol. The van der Waals surface area contributed by atoms with Gasteiger partial charge in [-0.1, -0.05) is 6.07 Å². The lowest BCUT2D eigenvalue weighted by molar-refractivity contribution is -0.137. The Morgan fingerprint density at radius 3 is 2.36 bits per heavy atom. The molecule has 0 saturated carbocycles. The summed E-state index contributed by atoms with van der Waals surface area (Å²) in [5, 5.41) is 8.80. The first-order valence-electron chi connectivity index (χ1n) is 13.5. The van der Waals surface area contributed by atoms with E-state index in [4.69, 9.17) is 10.5 Å². The van der Waals surface area contributed by atoms with Crippen molar-refractivity contribution in [3.05, 3.63) is 47.0 Å². The highest BCUT2D eigenvalue weighted by Gasteiger charge is 2.45. The number of ether oxygens (including phenoxy) is 1. The quantitative estimate of drug-likeness (QED) is 0.187. The Morgan fingerprint density at radius 1 is 1.11 bits per heavy atom. The van der Waals surface area contributed by atoms with Crippen LogP contribution in [0.15, 0.2) is 18.2 Å². The summed E-state index contributed by atoms with van der Waals surface area (Å²) in [4.78, 5) is 23.3. The first-order valence-corrected chi connectivity index (χ1v) is 14.3. The van der Waals surface area contributed by atoms with Crippen molar-refractivity contribution < 1.29 is 35.9 Å². The van der Waals surface area contributed by atoms with Gasteiger partial charge in [0.05, 0.1) is 27.9 Å². The van der Waals surface area contributed by atoms with Crippen molar-refractivity contribution in [2.24, 2.45) is 0 Å². The fourth-order valence-electron chi connectivity index (χ4n) is 6.11. The van der Waals surface area contributed by atoms with Gasteiger partial charge in [-0.2, -0.15) is 32.8 Å². The standard InChI is InChI=1S/C29H24F6N6O2S/c1-28(2,3)43-27(42)41-12-4-5-13(41)11-40(10-12)25-15-8-17(29(33,34)35)20(21(31)22(15)38-26(32)39-25)14-6-7-18(30)23-19(14)16(9-36)24(37)44-23/h6-8,12-13H,4-5,10-11,37H2,1-3H3/t12-,13+. The van der Waals surface area contributed by atoms with Crippen molar-refractivity contribution in [2.45, 2.75) is 57.5 Å². The number of hydrogen-bond acceptors (Lipinski definition) is 8. The molecule has 4 aromatic rings. The van der Waals surface area contributed by atoms with Crippen molar-refractivity contribution in [1.82, 2.24) is 14.9 Å². The highest BCUT2D eigenvalue weighted by atomic mass is 32.1. The van der Waals surface area contributed by atoms with Crippen LogP contribution in [0.3, 0.4) is 0 Å². The normalized spacial score (nSPS) is 18.7. The second-order valence-electron chi connectivity index (χ2n) is 11.8. The number of nitriles is 1. The van der Waals surface area contributed by atoms with Crippen LogP contribution in [-0.2, 0) is 10.9 Å². The second kappa shape index (κ2) is 10.1. The fraction of sp³-hybridized carbons (Fsp3) is 0.379. The average Bonchev–Trinajstić information content (AvgIpc) is 3.40. The Morgan fingerprint density at radius 2 is 1.77 bits per heavy atom. The van der Waals surface area contributed by atoms with Gasteiger partial charge in [-0.3, -0.25) is 4.90 Å². The van der Waals surface area contributed by atoms with Gasteiger partial charge in [0, 0.05) is 29.4 Å². The molecule has 15 heteroatoms. The molecule has 0 aliphatic carbocycles. The summed E-state index contributed by atoms with van der Waals surface area (Å²) < 4.78 is 95.2. The lowest BCUT2D eigenvalue weighted by atomic mass is 9.92. The number of alkyl halides is 3. The van der Waals surface area contributed by atoms with Gasteiger partial charge in [0.25, 0.3) is 0 Å². The minimum Gasteiger partial charge on any atom is -0.444 e. The Labute approximate surface area is 250 Å². The van der Waals surface area contributed by atoms with Gasteiger partial charge in [-0.05, 0) is 51.3 Å². The summed E-state index contributed by atoms with van der Waals surface area (Å²) >= 11 is 0.644. The van der Waals surface area contributed by atoms with Crippen LogP contribution in [0.5, 0.6) is 0 Å². The molecule has 2 aliphatic heterocycles. The first-order chi connectivity index (χ1) is 20.6. The molecule has 2 N–H and O–H groups in total. The maximum atomic E-state index is 16.4. The molecule has 1 amide bonds. The third-order valence-corrected chi connectivity index (χ3v) is 8.80. The van der Waals surface area contributed by atoms with Crippen LogP contribution in [0.4, 0.5) is 42.0 Å². The lowest BCUT2D eigenvalue weighted by Gasteiger charge is -2.42. The third kappa shape index (κ3) is 4.81. The van der Waals surface area contributed by atoms with Crippen LogP contribution in [0, 0.1) is 29.0 Å². The number of carbonyl (C=O) groups is 1. The number of anilines is 2. The Kier molecular flexibility index (Phi) is 6.84. The maximum Gasteiger partial charge on any atom is 0.417 e. The molecule has 8 nitrogen and oxygen atoms in total. The van der Waals surface area contributed by atoms with Crippen LogP contribution >= 0.6 is 11.3 Å². The van der Waals surface area contributed by atoms with Gasteiger partial charge in [-0.25, -0.2) is 13.6 Å². The molecule has 44 heavy (non-hydrogen) atoms. The van der Waals surface area contributed by atoms with E-state index >= 15 is 4.39 Å². The molecule has 2 fully saturated rings. The van der Waals surface area contributed by atoms with E-state index in [0.29, 0.717) is 30.2 Å². The number of carbonyl (C=O) groups excluding carboxylic acids is 1. The monoisotopic (exact) mass is 634 g/mol. The van der Waals surface area contributed by atoms with Crippen molar-refractivity contribution in [3.63, 3.8) is 0 Å². The van der Waals surface area contributed by atoms with E-state index in [9.17, 15) is 32.0 Å². The number of benzene rings is 2. The van der Waals surface area contributed by atoms with Crippen LogP contribution in [-0.4, -0.2) is 51.7 Å². The zero-order valence-electron chi connectivity index (χ0n) is 23.5. The van der Waals surface area contributed by atoms with E-state index in [0.717, 1.165) is 12.1 Å². The van der Waals surface area contributed by atoms with Gasteiger partial charge in [0.15, 0.2) is 5.82 Å². The molecule has 0 unspecified atom stereocenters. The molecule has 0 radical (unpaired) electrons. The molecule has 2 aromatic heterocycles. The molecular formula is C29H24F6N6O2S. The van der Waals surface area contributed by atoms with Gasteiger partial charge in [0.2, 0.25) is 0 Å². The number of rotatable bonds is 2. The number of hydrogen-bond donors (Lipinski definition) is 1. The second-order valence-corrected chi connectivity index (χ2v) is 12.8. The molecule has 2 saturated heterocycles. The van der Waals surface area contributed by atoms with Gasteiger partial charge in [0.1, 0.15) is 33.8 Å². The van der Waals surface area contributed by atoms with Gasteiger partial charge >= 0.3 is 18.3 Å².